The molecule has 0 fully saturated rings. The van der Waals surface area contributed by atoms with Gasteiger partial charge in [-0.05, 0) is 25.5 Å². The third kappa shape index (κ3) is 3.15. The lowest BCUT2D eigenvalue weighted by atomic mass is 10.2. The molecule has 2 heterocycles. The van der Waals surface area contributed by atoms with Gasteiger partial charge in [0.1, 0.15) is 11.0 Å². The number of hydrogen-bond donors (Lipinski definition) is 0. The fourth-order valence-electron chi connectivity index (χ4n) is 1.91. The van der Waals surface area contributed by atoms with Gasteiger partial charge in [0.25, 0.3) is 5.91 Å². The van der Waals surface area contributed by atoms with Crippen LogP contribution >= 0.6 is 46.4 Å². The number of rotatable bonds is 3. The summed E-state index contributed by atoms with van der Waals surface area (Å²) in [6.45, 7) is 4.06. The normalized spacial score (nSPS) is 10.6. The van der Waals surface area contributed by atoms with E-state index in [4.69, 9.17) is 46.4 Å². The molecule has 0 saturated carbocycles. The van der Waals surface area contributed by atoms with Crippen molar-refractivity contribution < 1.29 is 4.79 Å². The van der Waals surface area contributed by atoms with Gasteiger partial charge in [-0.15, -0.1) is 0 Å². The van der Waals surface area contributed by atoms with Crippen LogP contribution in [0, 0.1) is 6.92 Å². The molecule has 0 atom stereocenters. The molecule has 0 radical (unpaired) electrons. The van der Waals surface area contributed by atoms with Crippen molar-refractivity contribution in [1.29, 1.82) is 0 Å². The molecule has 0 aliphatic rings. The monoisotopic (exact) mass is 377 g/mol. The minimum absolute atomic E-state index is 0.000444. The van der Waals surface area contributed by atoms with Crippen LogP contribution in [-0.4, -0.2) is 22.4 Å². The average Bonchev–Trinajstić information content (AvgIpc) is 2.51. The van der Waals surface area contributed by atoms with Crippen molar-refractivity contribution in [3.8, 4) is 0 Å². The zero-order chi connectivity index (χ0) is 16.4. The molecule has 2 aromatic rings. The van der Waals surface area contributed by atoms with E-state index in [1.54, 1.807) is 12.3 Å². The second kappa shape index (κ2) is 7.01. The first-order valence-electron chi connectivity index (χ1n) is 6.31. The summed E-state index contributed by atoms with van der Waals surface area (Å²) < 4.78 is 0. The van der Waals surface area contributed by atoms with Gasteiger partial charge < -0.3 is 0 Å². The number of aryl methyl sites for hydroxylation is 1. The summed E-state index contributed by atoms with van der Waals surface area (Å²) in [5, 5.41) is -0.0938. The lowest BCUT2D eigenvalue weighted by Gasteiger charge is -2.22. The zero-order valence-corrected chi connectivity index (χ0v) is 14.7. The molecular formula is C14H11Cl4N3O. The molecule has 0 saturated heterocycles. The Balaban J connectivity index is 2.53. The maximum Gasteiger partial charge on any atom is 0.279 e. The average molecular weight is 379 g/mol. The molecule has 22 heavy (non-hydrogen) atoms. The van der Waals surface area contributed by atoms with E-state index in [9.17, 15) is 4.79 Å². The van der Waals surface area contributed by atoms with Gasteiger partial charge in [0.2, 0.25) is 0 Å². The van der Waals surface area contributed by atoms with E-state index in [0.717, 1.165) is 5.56 Å². The van der Waals surface area contributed by atoms with E-state index < -0.39 is 5.91 Å². The highest BCUT2D eigenvalue weighted by atomic mass is 35.5. The van der Waals surface area contributed by atoms with Crippen LogP contribution in [0.2, 0.25) is 20.2 Å². The van der Waals surface area contributed by atoms with Crippen LogP contribution < -0.4 is 4.90 Å². The maximum atomic E-state index is 12.7. The van der Waals surface area contributed by atoms with Gasteiger partial charge in [-0.2, -0.15) is 0 Å². The Morgan fingerprint density at radius 1 is 1.18 bits per heavy atom. The molecule has 0 unspecified atom stereocenters. The number of nitrogens with zero attached hydrogens (tertiary/aromatic N) is 3. The van der Waals surface area contributed by atoms with Gasteiger partial charge in [0, 0.05) is 12.7 Å². The molecular weight excluding hydrogens is 368 g/mol. The molecule has 2 rings (SSSR count). The summed E-state index contributed by atoms with van der Waals surface area (Å²) in [5.74, 6) is 0.0739. The molecule has 4 nitrogen and oxygen atoms in total. The molecule has 8 heteroatoms. The predicted octanol–water partition coefficient (Wildman–Crippen LogP) is 5.07. The summed E-state index contributed by atoms with van der Waals surface area (Å²) in [5.41, 5.74) is 0.785. The molecule has 0 bridgehead atoms. The van der Waals surface area contributed by atoms with E-state index in [2.05, 4.69) is 9.97 Å². The summed E-state index contributed by atoms with van der Waals surface area (Å²) in [4.78, 5) is 22.4. The smallest absolute Gasteiger partial charge is 0.279 e. The molecule has 0 aliphatic carbocycles. The van der Waals surface area contributed by atoms with Crippen LogP contribution in [0.15, 0.2) is 18.3 Å². The highest BCUT2D eigenvalue weighted by molar-refractivity contribution is 6.52. The Kier molecular flexibility index (Phi) is 5.50. The molecule has 0 spiro atoms. The summed E-state index contributed by atoms with van der Waals surface area (Å²) in [6, 6.07) is 3.65. The number of pyridine rings is 2. The van der Waals surface area contributed by atoms with Crippen LogP contribution in [0.25, 0.3) is 0 Å². The number of anilines is 1. The summed E-state index contributed by atoms with van der Waals surface area (Å²) >= 11 is 23.8. The minimum Gasteiger partial charge on any atom is -0.291 e. The number of carbonyl (C=O) groups is 1. The van der Waals surface area contributed by atoms with Crippen LogP contribution in [-0.2, 0) is 0 Å². The Hall–Kier alpha value is -1.07. The second-order valence-electron chi connectivity index (χ2n) is 4.39. The number of halogens is 4. The number of amides is 1. The first-order valence-corrected chi connectivity index (χ1v) is 7.83. The van der Waals surface area contributed by atoms with E-state index in [0.29, 0.717) is 12.4 Å². The first kappa shape index (κ1) is 17.3. The molecule has 0 N–H and O–H groups in total. The lowest BCUT2D eigenvalue weighted by Crippen LogP contribution is -2.33. The van der Waals surface area contributed by atoms with Gasteiger partial charge in [0.15, 0.2) is 5.69 Å². The molecule has 116 valence electrons. The van der Waals surface area contributed by atoms with Crippen molar-refractivity contribution >= 4 is 58.1 Å². The molecule has 1 amide bonds. The fourth-order valence-corrected chi connectivity index (χ4v) is 2.72. The topological polar surface area (TPSA) is 46.1 Å². The highest BCUT2D eigenvalue weighted by Gasteiger charge is 2.26. The Morgan fingerprint density at radius 2 is 1.86 bits per heavy atom. The van der Waals surface area contributed by atoms with Gasteiger partial charge in [-0.1, -0.05) is 52.5 Å². The van der Waals surface area contributed by atoms with Crippen LogP contribution in [0.4, 0.5) is 5.82 Å². The molecule has 2 aromatic heterocycles. The van der Waals surface area contributed by atoms with Crippen molar-refractivity contribution in [3.63, 3.8) is 0 Å². The van der Waals surface area contributed by atoms with Gasteiger partial charge in [-0.25, -0.2) is 9.97 Å². The Morgan fingerprint density at radius 3 is 2.45 bits per heavy atom. The van der Waals surface area contributed by atoms with Crippen molar-refractivity contribution in [3.05, 3.63) is 49.8 Å². The van der Waals surface area contributed by atoms with Crippen LogP contribution in [0.3, 0.4) is 0 Å². The lowest BCUT2D eigenvalue weighted by molar-refractivity contribution is 0.0983. The summed E-state index contributed by atoms with van der Waals surface area (Å²) in [7, 11) is 0. The number of carbonyl (C=O) groups excluding carboxylic acids is 1. The number of aromatic nitrogens is 2. The molecule has 0 aliphatic heterocycles. The Labute approximate surface area is 148 Å². The van der Waals surface area contributed by atoms with E-state index in [-0.39, 0.29) is 25.9 Å². The van der Waals surface area contributed by atoms with Crippen molar-refractivity contribution in [2.75, 3.05) is 11.4 Å². The Bertz CT molecular complexity index is 736. The van der Waals surface area contributed by atoms with Crippen molar-refractivity contribution in [1.82, 2.24) is 9.97 Å². The third-order valence-electron chi connectivity index (χ3n) is 2.99. The fraction of sp³-hybridized carbons (Fsp3) is 0.214. The van der Waals surface area contributed by atoms with E-state index in [1.165, 1.54) is 4.90 Å². The minimum atomic E-state index is -0.449. The largest absolute Gasteiger partial charge is 0.291 e. The van der Waals surface area contributed by atoms with Crippen molar-refractivity contribution in [2.45, 2.75) is 13.8 Å². The highest BCUT2D eigenvalue weighted by Crippen LogP contribution is 2.36. The first-order chi connectivity index (χ1) is 10.4. The quantitative estimate of drug-likeness (QED) is 0.700. The van der Waals surface area contributed by atoms with Gasteiger partial charge in [-0.3, -0.25) is 9.69 Å². The van der Waals surface area contributed by atoms with Crippen LogP contribution in [0.5, 0.6) is 0 Å². The second-order valence-corrected chi connectivity index (χ2v) is 5.88. The van der Waals surface area contributed by atoms with Crippen LogP contribution in [0.1, 0.15) is 23.0 Å². The van der Waals surface area contributed by atoms with Crippen molar-refractivity contribution in [2.24, 2.45) is 0 Å². The van der Waals surface area contributed by atoms with Gasteiger partial charge >= 0.3 is 0 Å². The maximum absolute atomic E-state index is 12.7. The SMILES string of the molecule is CCN(C(=O)c1nc(Cl)c(Cl)c(Cl)c1Cl)c1ncccc1C. The standard InChI is InChI=1S/C14H11Cl4N3O/c1-3-21(13-7(2)5-4-6-19-13)14(22)11-9(16)8(15)10(17)12(18)20-11/h4-6H,3H2,1-2H3. The van der Waals surface area contributed by atoms with E-state index in [1.807, 2.05) is 19.9 Å². The zero-order valence-electron chi connectivity index (χ0n) is 11.7. The molecule has 0 aromatic carbocycles. The summed E-state index contributed by atoms with van der Waals surface area (Å²) in [6.07, 6.45) is 1.61. The number of hydrogen-bond acceptors (Lipinski definition) is 3. The predicted molar refractivity (Wildman–Crippen MR) is 90.6 cm³/mol. The van der Waals surface area contributed by atoms with E-state index >= 15 is 0 Å². The van der Waals surface area contributed by atoms with Gasteiger partial charge in [0.05, 0.1) is 15.1 Å². The third-order valence-corrected chi connectivity index (χ3v) is 4.66.